The van der Waals surface area contributed by atoms with Crippen LogP contribution in [0, 0.1) is 0 Å². The maximum absolute atomic E-state index is 2.49. The van der Waals surface area contributed by atoms with Gasteiger partial charge in [-0.3, -0.25) is 0 Å². The summed E-state index contributed by atoms with van der Waals surface area (Å²) in [4.78, 5) is 3.17. The molecule has 4 aromatic rings. The summed E-state index contributed by atoms with van der Waals surface area (Å²) in [7, 11) is 0. The van der Waals surface area contributed by atoms with Gasteiger partial charge in [0.1, 0.15) is 0 Å². The van der Waals surface area contributed by atoms with Crippen molar-refractivity contribution in [2.75, 3.05) is 0 Å². The second-order valence-electron chi connectivity index (χ2n) is 6.60. The molecule has 0 aromatic carbocycles. The Morgan fingerprint density at radius 2 is 1.17 bits per heavy atom. The molecular formula is C20H24S4. The van der Waals surface area contributed by atoms with Crippen LogP contribution in [0.5, 0.6) is 0 Å². The van der Waals surface area contributed by atoms with Crippen LogP contribution in [-0.2, 0) is 12.8 Å². The van der Waals surface area contributed by atoms with E-state index in [1.165, 1.54) is 62.1 Å². The van der Waals surface area contributed by atoms with E-state index in [4.69, 9.17) is 0 Å². The second kappa shape index (κ2) is 7.45. The molecule has 4 heterocycles. The summed E-state index contributed by atoms with van der Waals surface area (Å²) in [6.07, 6.45) is 10.6. The molecule has 4 heteroatoms. The van der Waals surface area contributed by atoms with E-state index in [-0.39, 0.29) is 0 Å². The lowest BCUT2D eigenvalue weighted by atomic mass is 10.1. The predicted molar refractivity (Wildman–Crippen MR) is 117 cm³/mol. The fraction of sp³-hybridized carbons (Fsp3) is 0.500. The van der Waals surface area contributed by atoms with Gasteiger partial charge in [0.2, 0.25) is 0 Å². The molecule has 0 aliphatic rings. The standard InChI is InChI=1S/C20H24S4/c1-3-5-7-8-10-14-12-16-18-17(24-20(16)22-14)15-11-13(9-6-4-2)21-19(15)23-18/h11-12H,3-10H2,1-2H3. The van der Waals surface area contributed by atoms with E-state index in [1.54, 1.807) is 27.2 Å². The minimum absolute atomic E-state index is 1.26. The van der Waals surface area contributed by atoms with Gasteiger partial charge in [0.25, 0.3) is 0 Å². The highest BCUT2D eigenvalue weighted by atomic mass is 32.2. The molecule has 0 bridgehead atoms. The molecule has 0 aliphatic carbocycles. The number of unbranched alkanes of at least 4 members (excludes halogenated alkanes) is 4. The van der Waals surface area contributed by atoms with Crippen molar-refractivity contribution in [3.63, 3.8) is 0 Å². The smallest absolute Gasteiger partial charge is 0.0889 e. The maximum atomic E-state index is 2.49. The van der Waals surface area contributed by atoms with Crippen LogP contribution < -0.4 is 0 Å². The van der Waals surface area contributed by atoms with Gasteiger partial charge in [-0.2, -0.15) is 0 Å². The molecule has 24 heavy (non-hydrogen) atoms. The largest absolute Gasteiger partial charge is 0.129 e. The summed E-state index contributed by atoms with van der Waals surface area (Å²) >= 11 is 8.14. The fourth-order valence-electron chi connectivity index (χ4n) is 3.27. The summed E-state index contributed by atoms with van der Waals surface area (Å²) in [6.45, 7) is 4.56. The molecule has 0 unspecified atom stereocenters. The first-order valence-electron chi connectivity index (χ1n) is 9.16. The molecule has 0 saturated carbocycles. The van der Waals surface area contributed by atoms with E-state index < -0.39 is 0 Å². The molecule has 0 radical (unpaired) electrons. The van der Waals surface area contributed by atoms with E-state index in [0.717, 1.165) is 0 Å². The van der Waals surface area contributed by atoms with Crippen LogP contribution in [0.25, 0.3) is 28.2 Å². The monoisotopic (exact) mass is 392 g/mol. The molecule has 0 fully saturated rings. The summed E-state index contributed by atoms with van der Waals surface area (Å²) in [5, 5.41) is 3.07. The summed E-state index contributed by atoms with van der Waals surface area (Å²) in [5.41, 5.74) is 0. The zero-order chi connectivity index (χ0) is 16.5. The molecule has 4 aromatic heterocycles. The van der Waals surface area contributed by atoms with Crippen LogP contribution in [0.3, 0.4) is 0 Å². The number of aryl methyl sites for hydroxylation is 2. The first kappa shape index (κ1) is 17.0. The van der Waals surface area contributed by atoms with E-state index in [9.17, 15) is 0 Å². The van der Waals surface area contributed by atoms with Crippen molar-refractivity contribution >= 4 is 73.5 Å². The fourth-order valence-corrected chi connectivity index (χ4v) is 8.98. The van der Waals surface area contributed by atoms with Crippen molar-refractivity contribution < 1.29 is 0 Å². The molecule has 0 saturated heterocycles. The Morgan fingerprint density at radius 1 is 0.625 bits per heavy atom. The van der Waals surface area contributed by atoms with E-state index in [0.29, 0.717) is 0 Å². The highest BCUT2D eigenvalue weighted by Crippen LogP contribution is 2.49. The highest BCUT2D eigenvalue weighted by Gasteiger charge is 2.16. The van der Waals surface area contributed by atoms with Gasteiger partial charge >= 0.3 is 0 Å². The minimum Gasteiger partial charge on any atom is -0.129 e. The third-order valence-corrected chi connectivity index (χ3v) is 9.81. The van der Waals surface area contributed by atoms with Crippen LogP contribution >= 0.6 is 45.3 Å². The van der Waals surface area contributed by atoms with Gasteiger partial charge in [0.05, 0.1) is 17.4 Å². The van der Waals surface area contributed by atoms with E-state index in [2.05, 4.69) is 26.0 Å². The third kappa shape index (κ3) is 3.18. The van der Waals surface area contributed by atoms with Gasteiger partial charge in [-0.25, -0.2) is 0 Å². The average Bonchev–Trinajstić information content (AvgIpc) is 3.28. The van der Waals surface area contributed by atoms with Crippen molar-refractivity contribution in [3.05, 3.63) is 21.9 Å². The third-order valence-electron chi connectivity index (χ3n) is 4.64. The lowest BCUT2D eigenvalue weighted by molar-refractivity contribution is 0.670. The molecule has 128 valence electrons. The Balaban J connectivity index is 1.61. The lowest BCUT2D eigenvalue weighted by Crippen LogP contribution is -1.80. The average molecular weight is 393 g/mol. The maximum Gasteiger partial charge on any atom is 0.0889 e. The second-order valence-corrected chi connectivity index (χ2v) is 11.4. The Labute approximate surface area is 160 Å². The van der Waals surface area contributed by atoms with Gasteiger partial charge in [-0.1, -0.05) is 39.5 Å². The molecule has 4 rings (SSSR count). The quantitative estimate of drug-likeness (QED) is 0.263. The van der Waals surface area contributed by atoms with E-state index in [1.807, 2.05) is 45.3 Å². The van der Waals surface area contributed by atoms with Crippen molar-refractivity contribution in [3.8, 4) is 0 Å². The van der Waals surface area contributed by atoms with Gasteiger partial charge < -0.3 is 0 Å². The van der Waals surface area contributed by atoms with Gasteiger partial charge in [0, 0.05) is 20.5 Å². The van der Waals surface area contributed by atoms with Crippen LogP contribution in [0.15, 0.2) is 12.1 Å². The van der Waals surface area contributed by atoms with Gasteiger partial charge in [0.15, 0.2) is 0 Å². The number of rotatable bonds is 8. The SMILES string of the molecule is CCCCCCc1cc2c(s1)sc1c3cc(CCCC)sc3sc21. The zero-order valence-corrected chi connectivity index (χ0v) is 17.7. The minimum atomic E-state index is 1.26. The topological polar surface area (TPSA) is 0 Å². The van der Waals surface area contributed by atoms with Crippen molar-refractivity contribution in [2.24, 2.45) is 0 Å². The van der Waals surface area contributed by atoms with E-state index >= 15 is 0 Å². The normalized spacial score (nSPS) is 12.2. The van der Waals surface area contributed by atoms with Crippen LogP contribution in [-0.4, -0.2) is 0 Å². The first-order valence-corrected chi connectivity index (χ1v) is 12.4. The Hall–Kier alpha value is -0.420. The van der Waals surface area contributed by atoms with Crippen LogP contribution in [0.1, 0.15) is 62.1 Å². The molecule has 0 amide bonds. The van der Waals surface area contributed by atoms with Crippen molar-refractivity contribution in [2.45, 2.75) is 65.2 Å². The van der Waals surface area contributed by atoms with Crippen LogP contribution in [0.4, 0.5) is 0 Å². The summed E-state index contributed by atoms with van der Waals surface area (Å²) < 4.78 is 6.19. The molecule has 0 N–H and O–H groups in total. The molecular weight excluding hydrogens is 368 g/mol. The number of hydrogen-bond acceptors (Lipinski definition) is 4. The Bertz CT molecular complexity index is 947. The number of hydrogen-bond donors (Lipinski definition) is 0. The molecule has 0 aliphatic heterocycles. The van der Waals surface area contributed by atoms with Crippen molar-refractivity contribution in [1.29, 1.82) is 0 Å². The molecule has 0 nitrogen and oxygen atoms in total. The summed E-state index contributed by atoms with van der Waals surface area (Å²) in [5.74, 6) is 0. The first-order chi connectivity index (χ1) is 11.8. The number of fused-ring (bicyclic) bond motifs is 5. The van der Waals surface area contributed by atoms with Gasteiger partial charge in [-0.05, 0) is 37.8 Å². The van der Waals surface area contributed by atoms with Crippen molar-refractivity contribution in [1.82, 2.24) is 0 Å². The molecule has 0 atom stereocenters. The number of thiophene rings is 4. The predicted octanol–water partition coefficient (Wildman–Crippen LogP) is 8.86. The zero-order valence-electron chi connectivity index (χ0n) is 14.4. The lowest BCUT2D eigenvalue weighted by Gasteiger charge is -1.96. The molecule has 0 spiro atoms. The Morgan fingerprint density at radius 3 is 1.71 bits per heavy atom. The van der Waals surface area contributed by atoms with Gasteiger partial charge in [-0.15, -0.1) is 45.3 Å². The summed E-state index contributed by atoms with van der Waals surface area (Å²) in [6, 6.07) is 4.96. The highest BCUT2D eigenvalue weighted by molar-refractivity contribution is 7.49. The Kier molecular flexibility index (Phi) is 5.28. The van der Waals surface area contributed by atoms with Crippen LogP contribution in [0.2, 0.25) is 0 Å².